The summed E-state index contributed by atoms with van der Waals surface area (Å²) in [6.45, 7) is 2.66. The number of nitrogens with two attached hydrogens (primary N) is 3. The molecule has 0 fully saturated rings. The lowest BCUT2D eigenvalue weighted by Crippen LogP contribution is -2.31. The van der Waals surface area contributed by atoms with Crippen LogP contribution < -0.4 is 21.9 Å². The molecule has 6 nitrogen and oxygen atoms in total. The van der Waals surface area contributed by atoms with Crippen LogP contribution in [0.3, 0.4) is 0 Å². The van der Waals surface area contributed by atoms with Gasteiger partial charge in [-0.25, -0.2) is 0 Å². The molecule has 2 unspecified atom stereocenters. The average molecular weight is 334 g/mol. The second-order valence-electron chi connectivity index (χ2n) is 6.24. The van der Waals surface area contributed by atoms with Crippen LogP contribution >= 0.6 is 0 Å². The van der Waals surface area contributed by atoms with Gasteiger partial charge in [0, 0.05) is 13.0 Å². The highest BCUT2D eigenvalue weighted by Crippen LogP contribution is 2.17. The van der Waals surface area contributed by atoms with Crippen molar-refractivity contribution in [1.82, 2.24) is 0 Å². The summed E-state index contributed by atoms with van der Waals surface area (Å²) in [4.78, 5) is 16.1. The Bertz CT molecular complexity index is 524. The Balaban J connectivity index is 2.30. The van der Waals surface area contributed by atoms with E-state index in [4.69, 9.17) is 21.9 Å². The first-order valence-electron chi connectivity index (χ1n) is 8.39. The number of Topliss-reactive ketones (excluding diaryl/α,β-unsaturated/α-hetero) is 1. The number of ketones is 1. The van der Waals surface area contributed by atoms with E-state index in [1.807, 2.05) is 24.3 Å². The van der Waals surface area contributed by atoms with E-state index < -0.39 is 6.04 Å². The Morgan fingerprint density at radius 2 is 1.88 bits per heavy atom. The summed E-state index contributed by atoms with van der Waals surface area (Å²) in [6.07, 6.45) is 3.71. The minimum absolute atomic E-state index is 0.0998. The summed E-state index contributed by atoms with van der Waals surface area (Å²) in [5.41, 5.74) is 17.7. The van der Waals surface area contributed by atoms with Gasteiger partial charge < -0.3 is 21.9 Å². The standard InChI is InChI=1S/C18H30N4O2/c1-13(11-14-6-8-15(24-2)9-7-14)12-17(23)16(19)5-3-4-10-22-18(20)21/h6-9,13,16H,3-5,10-12,19H2,1-2H3,(H4,20,21,22). The van der Waals surface area contributed by atoms with Crippen molar-refractivity contribution in [2.45, 2.75) is 45.1 Å². The van der Waals surface area contributed by atoms with Crippen LogP contribution in [0, 0.1) is 5.92 Å². The van der Waals surface area contributed by atoms with Gasteiger partial charge in [0.15, 0.2) is 5.96 Å². The van der Waals surface area contributed by atoms with E-state index in [0.29, 0.717) is 19.4 Å². The van der Waals surface area contributed by atoms with E-state index in [-0.39, 0.29) is 17.7 Å². The third kappa shape index (κ3) is 7.97. The van der Waals surface area contributed by atoms with Gasteiger partial charge in [-0.05, 0) is 49.3 Å². The zero-order chi connectivity index (χ0) is 17.9. The third-order valence-electron chi connectivity index (χ3n) is 3.92. The molecule has 1 aromatic carbocycles. The summed E-state index contributed by atoms with van der Waals surface area (Å²) in [5, 5.41) is 0. The van der Waals surface area contributed by atoms with Crippen LogP contribution in [0.15, 0.2) is 29.3 Å². The highest BCUT2D eigenvalue weighted by atomic mass is 16.5. The van der Waals surface area contributed by atoms with E-state index in [2.05, 4.69) is 11.9 Å². The molecule has 0 amide bonds. The zero-order valence-corrected chi connectivity index (χ0v) is 14.7. The molecule has 0 heterocycles. The van der Waals surface area contributed by atoms with E-state index in [1.54, 1.807) is 7.11 Å². The van der Waals surface area contributed by atoms with Crippen molar-refractivity contribution < 1.29 is 9.53 Å². The first kappa shape index (κ1) is 20.0. The second kappa shape index (κ2) is 10.6. The fourth-order valence-electron chi connectivity index (χ4n) is 2.58. The zero-order valence-electron chi connectivity index (χ0n) is 14.7. The maximum Gasteiger partial charge on any atom is 0.185 e. The number of aliphatic imine (C=N–C) groups is 1. The van der Waals surface area contributed by atoms with Gasteiger partial charge in [0.2, 0.25) is 0 Å². The second-order valence-corrected chi connectivity index (χ2v) is 6.24. The van der Waals surface area contributed by atoms with Gasteiger partial charge in [-0.2, -0.15) is 0 Å². The van der Waals surface area contributed by atoms with Crippen molar-refractivity contribution >= 4 is 11.7 Å². The van der Waals surface area contributed by atoms with E-state index in [1.165, 1.54) is 5.56 Å². The molecular formula is C18H30N4O2. The fraction of sp³-hybridized carbons (Fsp3) is 0.556. The number of carbonyl (C=O) groups excluding carboxylic acids is 1. The number of guanidine groups is 1. The summed E-state index contributed by atoms with van der Waals surface area (Å²) >= 11 is 0. The Hall–Kier alpha value is -2.08. The minimum atomic E-state index is -0.400. The van der Waals surface area contributed by atoms with Crippen LogP contribution in [0.25, 0.3) is 0 Å². The Morgan fingerprint density at radius 1 is 1.21 bits per heavy atom. The number of nitrogens with zero attached hydrogens (tertiary/aromatic N) is 1. The summed E-state index contributed by atoms with van der Waals surface area (Å²) in [6, 6.07) is 7.54. The lowest BCUT2D eigenvalue weighted by Gasteiger charge is -2.15. The van der Waals surface area contributed by atoms with E-state index >= 15 is 0 Å². The smallest absolute Gasteiger partial charge is 0.185 e. The molecule has 6 N–H and O–H groups in total. The van der Waals surface area contributed by atoms with Crippen LogP contribution in [-0.4, -0.2) is 31.4 Å². The van der Waals surface area contributed by atoms with Crippen molar-refractivity contribution in [2.75, 3.05) is 13.7 Å². The van der Waals surface area contributed by atoms with E-state index in [0.717, 1.165) is 25.0 Å². The fourth-order valence-corrected chi connectivity index (χ4v) is 2.58. The molecule has 0 saturated heterocycles. The first-order chi connectivity index (χ1) is 11.4. The molecule has 0 saturated carbocycles. The number of methoxy groups -OCH3 is 1. The Labute approximate surface area is 144 Å². The number of hydrogen-bond donors (Lipinski definition) is 3. The monoisotopic (exact) mass is 334 g/mol. The van der Waals surface area contributed by atoms with Crippen LogP contribution in [0.2, 0.25) is 0 Å². The van der Waals surface area contributed by atoms with Gasteiger partial charge >= 0.3 is 0 Å². The average Bonchev–Trinajstić information content (AvgIpc) is 2.54. The van der Waals surface area contributed by atoms with Crippen molar-refractivity contribution in [1.29, 1.82) is 0 Å². The molecule has 1 aromatic rings. The molecule has 0 aliphatic rings. The number of rotatable bonds is 11. The van der Waals surface area contributed by atoms with Crippen LogP contribution in [0.5, 0.6) is 5.75 Å². The van der Waals surface area contributed by atoms with Gasteiger partial charge in [0.25, 0.3) is 0 Å². The largest absolute Gasteiger partial charge is 0.497 e. The molecule has 0 bridgehead atoms. The Morgan fingerprint density at radius 3 is 2.46 bits per heavy atom. The molecule has 6 heteroatoms. The molecule has 24 heavy (non-hydrogen) atoms. The van der Waals surface area contributed by atoms with Gasteiger partial charge in [-0.15, -0.1) is 0 Å². The minimum Gasteiger partial charge on any atom is -0.497 e. The van der Waals surface area contributed by atoms with Crippen LogP contribution in [0.1, 0.15) is 38.2 Å². The topological polar surface area (TPSA) is 117 Å². The first-order valence-corrected chi connectivity index (χ1v) is 8.39. The maximum absolute atomic E-state index is 12.2. The summed E-state index contributed by atoms with van der Waals surface area (Å²) in [5.74, 6) is 1.32. The molecule has 2 atom stereocenters. The molecule has 0 aromatic heterocycles. The van der Waals surface area contributed by atoms with Crippen molar-refractivity contribution in [2.24, 2.45) is 28.1 Å². The van der Waals surface area contributed by atoms with Crippen LogP contribution in [-0.2, 0) is 11.2 Å². The quantitative estimate of drug-likeness (QED) is 0.323. The van der Waals surface area contributed by atoms with Gasteiger partial charge in [-0.1, -0.05) is 19.1 Å². The summed E-state index contributed by atoms with van der Waals surface area (Å²) < 4.78 is 5.15. The third-order valence-corrected chi connectivity index (χ3v) is 3.92. The normalized spacial score (nSPS) is 13.1. The highest BCUT2D eigenvalue weighted by molar-refractivity contribution is 5.83. The summed E-state index contributed by atoms with van der Waals surface area (Å²) in [7, 11) is 1.65. The van der Waals surface area contributed by atoms with Gasteiger partial charge in [0.05, 0.1) is 13.2 Å². The van der Waals surface area contributed by atoms with E-state index in [9.17, 15) is 4.79 Å². The highest BCUT2D eigenvalue weighted by Gasteiger charge is 2.16. The molecule has 0 aliphatic heterocycles. The molecule has 1 rings (SSSR count). The van der Waals surface area contributed by atoms with Gasteiger partial charge in [-0.3, -0.25) is 9.79 Å². The lowest BCUT2D eigenvalue weighted by atomic mass is 9.92. The van der Waals surface area contributed by atoms with Crippen molar-refractivity contribution in [3.8, 4) is 5.75 Å². The van der Waals surface area contributed by atoms with Gasteiger partial charge in [0.1, 0.15) is 11.5 Å². The van der Waals surface area contributed by atoms with Crippen LogP contribution in [0.4, 0.5) is 0 Å². The number of hydrogen-bond acceptors (Lipinski definition) is 4. The number of benzene rings is 1. The van der Waals surface area contributed by atoms with Crippen molar-refractivity contribution in [3.63, 3.8) is 0 Å². The molecular weight excluding hydrogens is 304 g/mol. The molecule has 134 valence electrons. The molecule has 0 aliphatic carbocycles. The maximum atomic E-state index is 12.2. The predicted molar refractivity (Wildman–Crippen MR) is 98.0 cm³/mol. The number of unbranched alkanes of at least 4 members (excludes halogenated alkanes) is 1. The molecule has 0 radical (unpaired) electrons. The number of ether oxygens (including phenoxy) is 1. The SMILES string of the molecule is COc1ccc(CC(C)CC(=O)C(N)CCCCN=C(N)N)cc1. The number of carbonyl (C=O) groups is 1. The predicted octanol–water partition coefficient (Wildman–Crippen LogP) is 1.60. The van der Waals surface area contributed by atoms with Crippen molar-refractivity contribution in [3.05, 3.63) is 29.8 Å². The Kier molecular flexibility index (Phi) is 8.86. The molecule has 0 spiro atoms. The lowest BCUT2D eigenvalue weighted by molar-refractivity contribution is -0.121.